The predicted molar refractivity (Wildman–Crippen MR) is 93.4 cm³/mol. The van der Waals surface area contributed by atoms with E-state index in [9.17, 15) is 4.79 Å². The largest absolute Gasteiger partial charge is 0.325 e. The molecule has 0 spiro atoms. The highest BCUT2D eigenvalue weighted by atomic mass is 32.2. The summed E-state index contributed by atoms with van der Waals surface area (Å²) in [5, 5.41) is 6.03. The van der Waals surface area contributed by atoms with Crippen LogP contribution in [0.2, 0.25) is 0 Å². The van der Waals surface area contributed by atoms with Gasteiger partial charge in [-0.25, -0.2) is 0 Å². The third kappa shape index (κ3) is 5.92. The molecule has 3 nitrogen and oxygen atoms in total. The quantitative estimate of drug-likeness (QED) is 0.719. The van der Waals surface area contributed by atoms with Crippen molar-refractivity contribution >= 4 is 23.4 Å². The average Bonchev–Trinajstić information content (AvgIpc) is 2.54. The van der Waals surface area contributed by atoms with Gasteiger partial charge in [0.2, 0.25) is 5.91 Å². The maximum atomic E-state index is 11.8. The average molecular weight is 314 g/mol. The van der Waals surface area contributed by atoms with Gasteiger partial charge in [-0.3, -0.25) is 4.79 Å². The maximum Gasteiger partial charge on any atom is 0.238 e. The number of anilines is 1. The monoisotopic (exact) mass is 314 g/mol. The van der Waals surface area contributed by atoms with Crippen LogP contribution >= 0.6 is 11.8 Å². The number of carbonyl (C=O) groups excluding carboxylic acids is 1. The number of benzene rings is 2. The Morgan fingerprint density at radius 3 is 2.36 bits per heavy atom. The summed E-state index contributed by atoms with van der Waals surface area (Å²) in [5.74, 6) is -0.000402. The van der Waals surface area contributed by atoms with Gasteiger partial charge < -0.3 is 10.6 Å². The molecule has 2 aromatic rings. The smallest absolute Gasteiger partial charge is 0.238 e. The van der Waals surface area contributed by atoms with E-state index in [1.165, 1.54) is 4.90 Å². The SMILES string of the molecule is CCCCNCC(=O)Nc1ccc(Sc2ccccc2)cc1. The Hall–Kier alpha value is -1.78. The van der Waals surface area contributed by atoms with Gasteiger partial charge in [0.1, 0.15) is 0 Å². The zero-order valence-electron chi connectivity index (χ0n) is 12.8. The Balaban J connectivity index is 1.80. The molecule has 0 saturated heterocycles. The molecule has 0 heterocycles. The normalized spacial score (nSPS) is 10.4. The summed E-state index contributed by atoms with van der Waals surface area (Å²) in [6, 6.07) is 18.2. The summed E-state index contributed by atoms with van der Waals surface area (Å²) in [6.07, 6.45) is 2.23. The van der Waals surface area contributed by atoms with Crippen molar-refractivity contribution in [1.29, 1.82) is 0 Å². The van der Waals surface area contributed by atoms with Crippen LogP contribution in [0.3, 0.4) is 0 Å². The molecule has 4 heteroatoms. The minimum absolute atomic E-state index is 0.000402. The van der Waals surface area contributed by atoms with Crippen LogP contribution in [0.1, 0.15) is 19.8 Å². The molecule has 0 atom stereocenters. The van der Waals surface area contributed by atoms with Crippen LogP contribution in [0.4, 0.5) is 5.69 Å². The number of unbranched alkanes of at least 4 members (excludes halogenated alkanes) is 1. The molecule has 0 bridgehead atoms. The molecular weight excluding hydrogens is 292 g/mol. The molecule has 1 amide bonds. The van der Waals surface area contributed by atoms with Crippen LogP contribution < -0.4 is 10.6 Å². The van der Waals surface area contributed by atoms with E-state index in [0.29, 0.717) is 6.54 Å². The van der Waals surface area contributed by atoms with E-state index in [2.05, 4.69) is 29.7 Å². The van der Waals surface area contributed by atoms with E-state index in [1.54, 1.807) is 11.8 Å². The lowest BCUT2D eigenvalue weighted by atomic mass is 10.3. The molecule has 0 aliphatic carbocycles. The van der Waals surface area contributed by atoms with Crippen LogP contribution in [-0.4, -0.2) is 19.0 Å². The lowest BCUT2D eigenvalue weighted by Crippen LogP contribution is -2.28. The molecule has 2 N–H and O–H groups in total. The van der Waals surface area contributed by atoms with Crippen LogP contribution in [0.25, 0.3) is 0 Å². The molecule has 2 aromatic carbocycles. The van der Waals surface area contributed by atoms with Gasteiger partial charge in [0.15, 0.2) is 0 Å². The number of amides is 1. The van der Waals surface area contributed by atoms with E-state index in [1.807, 2.05) is 42.5 Å². The summed E-state index contributed by atoms with van der Waals surface area (Å²) in [4.78, 5) is 14.1. The highest BCUT2D eigenvalue weighted by Crippen LogP contribution is 2.28. The van der Waals surface area contributed by atoms with Crippen molar-refractivity contribution in [2.24, 2.45) is 0 Å². The zero-order chi connectivity index (χ0) is 15.6. The van der Waals surface area contributed by atoms with Crippen LogP contribution in [0.15, 0.2) is 64.4 Å². The molecule has 0 saturated carbocycles. The highest BCUT2D eigenvalue weighted by Gasteiger charge is 2.02. The summed E-state index contributed by atoms with van der Waals surface area (Å²) in [6.45, 7) is 3.38. The number of carbonyl (C=O) groups is 1. The standard InChI is InChI=1S/C18H22N2OS/c1-2-3-13-19-14-18(21)20-15-9-11-17(12-10-15)22-16-7-5-4-6-8-16/h4-12,19H,2-3,13-14H2,1H3,(H,20,21). The van der Waals surface area contributed by atoms with Crippen LogP contribution in [0, 0.1) is 0 Å². The number of nitrogens with one attached hydrogen (secondary N) is 2. The Labute approximate surface area is 136 Å². The van der Waals surface area contributed by atoms with Crippen molar-refractivity contribution in [3.05, 3.63) is 54.6 Å². The third-order valence-electron chi connectivity index (χ3n) is 3.11. The molecular formula is C18H22N2OS. The highest BCUT2D eigenvalue weighted by molar-refractivity contribution is 7.99. The van der Waals surface area contributed by atoms with Gasteiger partial charge in [-0.05, 0) is 49.4 Å². The van der Waals surface area contributed by atoms with Gasteiger partial charge in [-0.2, -0.15) is 0 Å². The summed E-state index contributed by atoms with van der Waals surface area (Å²) < 4.78 is 0. The van der Waals surface area contributed by atoms with Gasteiger partial charge in [0, 0.05) is 15.5 Å². The molecule has 0 radical (unpaired) electrons. The van der Waals surface area contributed by atoms with Crippen molar-refractivity contribution in [3.63, 3.8) is 0 Å². The second-order valence-corrected chi connectivity index (χ2v) is 6.16. The predicted octanol–water partition coefficient (Wildman–Crippen LogP) is 4.17. The first-order valence-electron chi connectivity index (χ1n) is 7.61. The number of hydrogen-bond acceptors (Lipinski definition) is 3. The fourth-order valence-corrected chi connectivity index (χ4v) is 2.78. The van der Waals surface area contributed by atoms with Crippen LogP contribution in [-0.2, 0) is 4.79 Å². The van der Waals surface area contributed by atoms with Crippen molar-refractivity contribution in [1.82, 2.24) is 5.32 Å². The van der Waals surface area contributed by atoms with E-state index >= 15 is 0 Å². The molecule has 0 aliphatic heterocycles. The summed E-state index contributed by atoms with van der Waals surface area (Å²) in [5.41, 5.74) is 0.833. The first kappa shape index (κ1) is 16.6. The van der Waals surface area contributed by atoms with Gasteiger partial charge in [0.05, 0.1) is 6.54 Å². The minimum Gasteiger partial charge on any atom is -0.325 e. The zero-order valence-corrected chi connectivity index (χ0v) is 13.7. The first-order valence-corrected chi connectivity index (χ1v) is 8.43. The molecule has 2 rings (SSSR count). The van der Waals surface area contributed by atoms with Gasteiger partial charge in [0.25, 0.3) is 0 Å². The Morgan fingerprint density at radius 1 is 1.00 bits per heavy atom. The Kier molecular flexibility index (Phi) is 7.00. The molecule has 0 aromatic heterocycles. The molecule has 0 aliphatic rings. The fourth-order valence-electron chi connectivity index (χ4n) is 1.94. The van der Waals surface area contributed by atoms with Gasteiger partial charge in [-0.1, -0.05) is 43.3 Å². The second-order valence-electron chi connectivity index (χ2n) is 5.02. The fraction of sp³-hybridized carbons (Fsp3) is 0.278. The van der Waals surface area contributed by atoms with Gasteiger partial charge in [-0.15, -0.1) is 0 Å². The molecule has 0 fully saturated rings. The second kappa shape index (κ2) is 9.28. The van der Waals surface area contributed by atoms with Crippen molar-refractivity contribution in [2.75, 3.05) is 18.4 Å². The Morgan fingerprint density at radius 2 is 1.68 bits per heavy atom. The number of hydrogen-bond donors (Lipinski definition) is 2. The van der Waals surface area contributed by atoms with Crippen molar-refractivity contribution < 1.29 is 4.79 Å². The maximum absolute atomic E-state index is 11.8. The lowest BCUT2D eigenvalue weighted by Gasteiger charge is -2.07. The van der Waals surface area contributed by atoms with Gasteiger partial charge >= 0.3 is 0 Å². The topological polar surface area (TPSA) is 41.1 Å². The summed E-state index contributed by atoms with van der Waals surface area (Å²) in [7, 11) is 0. The third-order valence-corrected chi connectivity index (χ3v) is 4.13. The molecule has 22 heavy (non-hydrogen) atoms. The first-order chi connectivity index (χ1) is 10.8. The van der Waals surface area contributed by atoms with Crippen molar-refractivity contribution in [3.8, 4) is 0 Å². The minimum atomic E-state index is -0.000402. The van der Waals surface area contributed by atoms with Crippen molar-refractivity contribution in [2.45, 2.75) is 29.6 Å². The summed E-state index contributed by atoms with van der Waals surface area (Å²) >= 11 is 1.71. The van der Waals surface area contributed by atoms with E-state index in [4.69, 9.17) is 0 Å². The van der Waals surface area contributed by atoms with E-state index in [-0.39, 0.29) is 5.91 Å². The van der Waals surface area contributed by atoms with E-state index in [0.717, 1.165) is 30.0 Å². The van der Waals surface area contributed by atoms with E-state index < -0.39 is 0 Å². The molecule has 116 valence electrons. The Bertz CT molecular complexity index is 569. The molecule has 0 unspecified atom stereocenters. The number of rotatable bonds is 8. The lowest BCUT2D eigenvalue weighted by molar-refractivity contribution is -0.115. The van der Waals surface area contributed by atoms with Crippen LogP contribution in [0.5, 0.6) is 0 Å².